The largest absolute Gasteiger partial charge is 0.389 e. The number of primary amides is 2. The molecule has 312 valence electrons. The molecule has 14 nitrogen and oxygen atoms in total. The first-order valence-electron chi connectivity index (χ1n) is 17.7. The second kappa shape index (κ2) is 21.4. The molecule has 58 heavy (non-hydrogen) atoms. The van der Waals surface area contributed by atoms with Gasteiger partial charge in [-0.15, -0.1) is 22.7 Å². The molecule has 0 bridgehead atoms. The van der Waals surface area contributed by atoms with Gasteiger partial charge in [0.1, 0.15) is 10.0 Å². The zero-order valence-electron chi connectivity index (χ0n) is 31.9. The quantitative estimate of drug-likeness (QED) is 0.0826. The van der Waals surface area contributed by atoms with Gasteiger partial charge in [-0.1, -0.05) is 30.6 Å². The van der Waals surface area contributed by atoms with E-state index in [-0.39, 0.29) is 44.1 Å². The fourth-order valence-corrected chi connectivity index (χ4v) is 8.67. The number of hydrogen-bond donors (Lipinski definition) is 8. The molecular weight excluding hydrogens is 1050 g/mol. The van der Waals surface area contributed by atoms with Gasteiger partial charge < -0.3 is 37.3 Å². The molecule has 6 amide bonds. The summed E-state index contributed by atoms with van der Waals surface area (Å²) in [6.07, 6.45) is 1.37. The maximum Gasteiger partial charge on any atom is 0.324 e. The van der Waals surface area contributed by atoms with Crippen LogP contribution in [0.2, 0.25) is 10.0 Å². The van der Waals surface area contributed by atoms with Crippen LogP contribution in [0.25, 0.3) is 0 Å². The number of benzene rings is 2. The first kappa shape index (κ1) is 49.2. The molecule has 1 saturated heterocycles. The molecule has 0 radical (unpaired) electrons. The van der Waals surface area contributed by atoms with Crippen LogP contribution in [0.5, 0.6) is 0 Å². The molecule has 7 rings (SSSR count). The van der Waals surface area contributed by atoms with Crippen molar-refractivity contribution in [3.8, 4) is 0 Å². The molecule has 3 aliphatic heterocycles. The van der Waals surface area contributed by atoms with E-state index in [1.165, 1.54) is 22.7 Å². The van der Waals surface area contributed by atoms with Gasteiger partial charge in [0.2, 0.25) is 0 Å². The minimum absolute atomic E-state index is 0. The number of nitrogens with two attached hydrogens (primary N) is 2. The van der Waals surface area contributed by atoms with E-state index in [4.69, 9.17) is 39.4 Å². The average Bonchev–Trinajstić information content (AvgIpc) is 3.51. The Morgan fingerprint density at radius 1 is 0.828 bits per heavy atom. The van der Waals surface area contributed by atoms with E-state index in [2.05, 4.69) is 45.3 Å². The zero-order chi connectivity index (χ0) is 40.8. The van der Waals surface area contributed by atoms with Gasteiger partial charge in [-0.3, -0.25) is 25.1 Å². The first-order valence-corrected chi connectivity index (χ1v) is 20.1. The van der Waals surface area contributed by atoms with Crippen molar-refractivity contribution in [3.05, 3.63) is 90.6 Å². The summed E-state index contributed by atoms with van der Waals surface area (Å²) < 4.78 is 4.90. The minimum atomic E-state index is -0.805. The summed E-state index contributed by atoms with van der Waals surface area (Å²) in [5, 5.41) is 26.2. The Labute approximate surface area is 380 Å². The summed E-state index contributed by atoms with van der Waals surface area (Å²) in [6.45, 7) is 11.9. The number of anilines is 4. The van der Waals surface area contributed by atoms with Crippen LogP contribution in [0.3, 0.4) is 0 Å². The van der Waals surface area contributed by atoms with Crippen molar-refractivity contribution in [3.63, 3.8) is 0 Å². The van der Waals surface area contributed by atoms with Crippen molar-refractivity contribution in [2.24, 2.45) is 11.5 Å². The van der Waals surface area contributed by atoms with Crippen molar-refractivity contribution >= 4 is 91.1 Å². The van der Waals surface area contributed by atoms with Gasteiger partial charge in [0.15, 0.2) is 0 Å². The number of carbonyl (C=O) groups excluding carboxylic acids is 4. The molecule has 0 atom stereocenters. The topological polar surface area (TPSA) is 216 Å². The predicted molar refractivity (Wildman–Crippen MR) is 231 cm³/mol. The molecule has 5 heterocycles. The van der Waals surface area contributed by atoms with Crippen LogP contribution in [0.1, 0.15) is 76.7 Å². The molecule has 10 N–H and O–H groups in total. The number of thiophene rings is 2. The molecule has 2 aromatic carbocycles. The number of aliphatic hydroxyl groups is 1. The van der Waals surface area contributed by atoms with Gasteiger partial charge in [0.25, 0.3) is 11.8 Å². The van der Waals surface area contributed by atoms with Gasteiger partial charge in [-0.05, 0) is 107 Å². The average molecular weight is 1100 g/mol. The second-order valence-corrected chi connectivity index (χ2v) is 17.6. The Balaban J connectivity index is 0.000000271. The summed E-state index contributed by atoms with van der Waals surface area (Å²) in [4.78, 5) is 52.4. The second-order valence-electron chi connectivity index (χ2n) is 14.6. The van der Waals surface area contributed by atoms with E-state index in [0.29, 0.717) is 75.1 Å². The first-order chi connectivity index (χ1) is 26.4. The summed E-state index contributed by atoms with van der Waals surface area (Å²) in [6, 6.07) is 12.6. The number of halogens is 2. The number of hydrogen-bond acceptors (Lipinski definition) is 10. The van der Waals surface area contributed by atoms with Gasteiger partial charge >= 0.3 is 12.1 Å². The van der Waals surface area contributed by atoms with Crippen LogP contribution in [-0.4, -0.2) is 71.3 Å². The molecule has 0 spiro atoms. The van der Waals surface area contributed by atoms with Crippen LogP contribution >= 0.6 is 45.9 Å². The van der Waals surface area contributed by atoms with E-state index in [1.807, 2.05) is 0 Å². The Morgan fingerprint density at radius 3 is 1.67 bits per heavy atom. The minimum Gasteiger partial charge on any atom is -0.389 e. The molecule has 4 aromatic rings. The molecule has 19 heteroatoms. The van der Waals surface area contributed by atoms with Crippen molar-refractivity contribution in [1.29, 1.82) is 0 Å². The number of ether oxygens (including phenoxy) is 1. The van der Waals surface area contributed by atoms with Gasteiger partial charge in [-0.2, -0.15) is 0 Å². The summed E-state index contributed by atoms with van der Waals surface area (Å²) >= 11 is 14.4. The number of fused-ring (bicyclic) bond motifs is 2. The van der Waals surface area contributed by atoms with Crippen molar-refractivity contribution in [2.75, 3.05) is 47.5 Å². The molecular formula is C39H50Cl2N8O6S2U. The summed E-state index contributed by atoms with van der Waals surface area (Å²) in [5.74, 6) is -1.08. The summed E-state index contributed by atoms with van der Waals surface area (Å²) in [7, 11) is 0. The van der Waals surface area contributed by atoms with Crippen LogP contribution in [0.15, 0.2) is 48.5 Å². The van der Waals surface area contributed by atoms with E-state index >= 15 is 0 Å². The fraction of sp³-hybridized carbons (Fsp3) is 0.385. The van der Waals surface area contributed by atoms with E-state index in [9.17, 15) is 24.3 Å². The molecule has 3 aliphatic rings. The van der Waals surface area contributed by atoms with Crippen molar-refractivity contribution < 1.29 is 60.1 Å². The van der Waals surface area contributed by atoms with Crippen LogP contribution < -0.4 is 38.1 Å². The van der Waals surface area contributed by atoms with E-state index in [0.717, 1.165) is 40.5 Å². The number of amides is 6. The third kappa shape index (κ3) is 14.5. The van der Waals surface area contributed by atoms with Gasteiger partial charge in [-0.25, -0.2) is 9.59 Å². The molecule has 0 aliphatic carbocycles. The van der Waals surface area contributed by atoms with E-state index < -0.39 is 29.5 Å². The number of nitrogens with zero attached hydrogens (tertiary/aromatic N) is 1. The maximum absolute atomic E-state index is 12.4. The molecule has 0 saturated carbocycles. The zero-order valence-corrected chi connectivity index (χ0v) is 39.2. The third-order valence-corrected chi connectivity index (χ3v) is 11.3. The molecule has 1 fully saturated rings. The van der Waals surface area contributed by atoms with Crippen molar-refractivity contribution in [1.82, 2.24) is 10.2 Å². The van der Waals surface area contributed by atoms with Gasteiger partial charge in [0.05, 0.1) is 28.9 Å². The fourth-order valence-electron chi connectivity index (χ4n) is 5.91. The Hall–Kier alpha value is -3.21. The van der Waals surface area contributed by atoms with Gasteiger partial charge in [0, 0.05) is 88.5 Å². The number of carbonyl (C=O) groups is 4. The predicted octanol–water partition coefficient (Wildman–Crippen LogP) is 7.49. The monoisotopic (exact) mass is 1100 g/mol. The third-order valence-electron chi connectivity index (χ3n) is 8.55. The Morgan fingerprint density at radius 2 is 1.26 bits per heavy atom. The maximum atomic E-state index is 12.4. The van der Waals surface area contributed by atoms with Crippen LogP contribution in [0.4, 0.5) is 31.0 Å². The Kier molecular flexibility index (Phi) is 18.1. The number of urea groups is 2. The normalized spacial score (nSPS) is 14.8. The van der Waals surface area contributed by atoms with Crippen molar-refractivity contribution in [2.45, 2.75) is 72.3 Å². The van der Waals surface area contributed by atoms with Crippen LogP contribution in [-0.2, 0) is 30.7 Å². The standard InChI is InChI=1S/C19H23ClN4O3S.C15H15ClN4O2S.C4H8O.CH4.U/c1-19(2,27)10-24-8-7-13-14(9-24)28-17(15(13)16(21)25)23-18(26)22-12-5-3-11(20)4-6-12;16-8-1-3-9(4-2-8)19-15(22)20-14-12(13(17)21)10-5-6-18-7-11(10)23-14;1-4(2)3-5-4;;/h3-6,27H,7-10H2,1-2H3,(H2,21,25)(H2,22,23,26);1-4,18H,5-7H2,(H2,17,21)(H2,19,20,22);3H2,1-2H3;1H4;. The number of β-amino-alcohol motifs (C(OH)–C–C–N with tert-alkyl or cyclic N) is 1. The number of rotatable bonds is 8. The van der Waals surface area contributed by atoms with E-state index in [1.54, 1.807) is 62.4 Å². The number of nitrogens with one attached hydrogen (secondary N) is 5. The Bertz CT molecular complexity index is 2070. The smallest absolute Gasteiger partial charge is 0.324 e. The molecule has 0 unspecified atom stereocenters. The van der Waals surface area contributed by atoms with Crippen LogP contribution in [0, 0.1) is 31.1 Å². The number of epoxide rings is 1. The summed E-state index contributed by atoms with van der Waals surface area (Å²) in [5.41, 5.74) is 14.3. The molecule has 2 aromatic heterocycles. The SMILES string of the molecule is C.CC(C)(O)CN1CCc2c(sc(NC(=O)Nc3ccc(Cl)cc3)c2C(N)=O)C1.CC1(C)CO1.NC(=O)c1c(NC(=O)Nc2ccc(Cl)cc2)sc2c1CCNC2.[U].